The van der Waals surface area contributed by atoms with E-state index in [9.17, 15) is 0 Å². The topological polar surface area (TPSA) is 18.5 Å². The highest BCUT2D eigenvalue weighted by Gasteiger charge is 2.30. The molecule has 0 aromatic rings. The maximum Gasteiger partial charge on any atom is 0.391 e. The summed E-state index contributed by atoms with van der Waals surface area (Å²) in [5.41, 5.74) is 4.35. The van der Waals surface area contributed by atoms with Crippen molar-refractivity contribution < 1.29 is 8.85 Å². The molecule has 3 heteroatoms. The number of hydrogen-bond donors (Lipinski definition) is 0. The Morgan fingerprint density at radius 3 is 1.47 bits per heavy atom. The average molecular weight is 256 g/mol. The van der Waals surface area contributed by atoms with Crippen LogP contribution in [0.3, 0.4) is 0 Å². The van der Waals surface area contributed by atoms with E-state index in [1.165, 1.54) is 0 Å². The first-order valence-electron chi connectivity index (χ1n) is 6.87. The summed E-state index contributed by atoms with van der Waals surface area (Å²) in [7, 11) is -2.23. The molecule has 0 aromatic carbocycles. The quantitative estimate of drug-likeness (QED) is 0.543. The van der Waals surface area contributed by atoms with Crippen LogP contribution in [0.25, 0.3) is 0 Å². The molecule has 0 unspecified atom stereocenters. The summed E-state index contributed by atoms with van der Waals surface area (Å²) in [5, 5.41) is 0. The zero-order chi connectivity index (χ0) is 13.0. The van der Waals surface area contributed by atoms with Crippen LogP contribution >= 0.6 is 0 Å². The molecule has 0 bridgehead atoms. The minimum atomic E-state index is -2.23. The van der Waals surface area contributed by atoms with Gasteiger partial charge in [-0.05, 0) is 38.1 Å². The van der Waals surface area contributed by atoms with Gasteiger partial charge in [-0.2, -0.15) is 0 Å². The highest BCUT2D eigenvalue weighted by atomic mass is 28.4. The molecule has 0 aromatic heterocycles. The molecule has 0 aliphatic rings. The summed E-state index contributed by atoms with van der Waals surface area (Å²) in [5.74, 6) is 0. The molecule has 0 spiro atoms. The van der Waals surface area contributed by atoms with E-state index in [1.54, 1.807) is 0 Å². The Morgan fingerprint density at radius 1 is 0.765 bits per heavy atom. The van der Waals surface area contributed by atoms with Crippen LogP contribution in [0.15, 0.2) is 23.6 Å². The lowest BCUT2D eigenvalue weighted by atomic mass is 10.3. The fourth-order valence-corrected chi connectivity index (χ4v) is 4.04. The largest absolute Gasteiger partial charge is 0.391 e. The van der Waals surface area contributed by atoms with Gasteiger partial charge in [-0.3, -0.25) is 0 Å². The molecule has 0 amide bonds. The Kier molecular flexibility index (Phi) is 10.5. The fraction of sp³-hybridized carbons (Fsp3) is 0.714. The number of unbranched alkanes of at least 4 members (excludes halogenated alkanes) is 2. The molecule has 2 nitrogen and oxygen atoms in total. The molecule has 0 fully saturated rings. The second-order valence-corrected chi connectivity index (χ2v) is 6.66. The highest BCUT2D eigenvalue weighted by molar-refractivity contribution is 6.77. The van der Waals surface area contributed by atoms with E-state index in [1.807, 2.05) is 13.8 Å². The lowest BCUT2D eigenvalue weighted by molar-refractivity contribution is 0.206. The van der Waals surface area contributed by atoms with Crippen LogP contribution in [0.5, 0.6) is 0 Å². The number of rotatable bonds is 10. The molecule has 0 rings (SSSR count). The van der Waals surface area contributed by atoms with Crippen LogP contribution in [0.2, 0.25) is 0 Å². The van der Waals surface area contributed by atoms with Gasteiger partial charge in [0.15, 0.2) is 0 Å². The summed E-state index contributed by atoms with van der Waals surface area (Å²) in [4.78, 5) is 0. The summed E-state index contributed by atoms with van der Waals surface area (Å²) in [6.07, 6.45) is 8.92. The normalized spacial score (nSPS) is 12.9. The SMILES string of the molecule is CCCC=C[Si](C=CCCC)(OCC)OCC. The smallest absolute Gasteiger partial charge is 0.389 e. The molecule has 17 heavy (non-hydrogen) atoms. The summed E-state index contributed by atoms with van der Waals surface area (Å²) in [6, 6.07) is 0. The fourth-order valence-electron chi connectivity index (χ4n) is 1.57. The van der Waals surface area contributed by atoms with E-state index in [0.717, 1.165) is 25.7 Å². The first-order chi connectivity index (χ1) is 8.24. The highest BCUT2D eigenvalue weighted by Crippen LogP contribution is 2.13. The minimum Gasteiger partial charge on any atom is -0.389 e. The molecule has 0 atom stereocenters. The Labute approximate surface area is 108 Å². The molecule has 0 radical (unpaired) electrons. The van der Waals surface area contributed by atoms with Crippen LogP contribution in [0.4, 0.5) is 0 Å². The van der Waals surface area contributed by atoms with Gasteiger partial charge in [0.2, 0.25) is 0 Å². The Hall–Kier alpha value is -0.383. The minimum absolute atomic E-state index is 0.707. The second-order valence-electron chi connectivity index (χ2n) is 3.97. The molecule has 0 heterocycles. The van der Waals surface area contributed by atoms with Gasteiger partial charge in [0.05, 0.1) is 0 Å². The van der Waals surface area contributed by atoms with E-state index in [2.05, 4.69) is 37.4 Å². The molecule has 0 aliphatic heterocycles. The van der Waals surface area contributed by atoms with Gasteiger partial charge in [-0.25, -0.2) is 0 Å². The van der Waals surface area contributed by atoms with E-state index >= 15 is 0 Å². The maximum atomic E-state index is 5.91. The average Bonchev–Trinajstić information content (AvgIpc) is 2.30. The summed E-state index contributed by atoms with van der Waals surface area (Å²) in [6.45, 7) is 9.84. The predicted octanol–water partition coefficient (Wildman–Crippen LogP) is 4.29. The van der Waals surface area contributed by atoms with Crippen molar-refractivity contribution in [3.63, 3.8) is 0 Å². The van der Waals surface area contributed by atoms with Crippen molar-refractivity contribution in [3.05, 3.63) is 23.6 Å². The van der Waals surface area contributed by atoms with Gasteiger partial charge in [0, 0.05) is 13.2 Å². The van der Waals surface area contributed by atoms with Crippen LogP contribution in [-0.4, -0.2) is 21.8 Å². The predicted molar refractivity (Wildman–Crippen MR) is 77.1 cm³/mol. The number of hydrogen-bond acceptors (Lipinski definition) is 2. The van der Waals surface area contributed by atoms with E-state index in [-0.39, 0.29) is 0 Å². The third-order valence-corrected chi connectivity index (χ3v) is 5.23. The zero-order valence-corrected chi connectivity index (χ0v) is 12.9. The standard InChI is InChI=1S/C14H28O2Si/c1-5-9-11-13-17(15-7-3,16-8-4)14-12-10-6-2/h11-14H,5-10H2,1-4H3. The van der Waals surface area contributed by atoms with Gasteiger partial charge in [-0.1, -0.05) is 38.8 Å². The van der Waals surface area contributed by atoms with Crippen LogP contribution < -0.4 is 0 Å². The van der Waals surface area contributed by atoms with Crippen molar-refractivity contribution in [3.8, 4) is 0 Å². The molecule has 0 saturated carbocycles. The van der Waals surface area contributed by atoms with E-state index < -0.39 is 8.56 Å². The van der Waals surface area contributed by atoms with Gasteiger partial charge in [0.25, 0.3) is 0 Å². The van der Waals surface area contributed by atoms with Crippen molar-refractivity contribution in [2.24, 2.45) is 0 Å². The van der Waals surface area contributed by atoms with Gasteiger partial charge < -0.3 is 8.85 Å². The van der Waals surface area contributed by atoms with Gasteiger partial charge in [-0.15, -0.1) is 0 Å². The van der Waals surface area contributed by atoms with Crippen molar-refractivity contribution in [1.29, 1.82) is 0 Å². The van der Waals surface area contributed by atoms with E-state index in [4.69, 9.17) is 8.85 Å². The summed E-state index contributed by atoms with van der Waals surface area (Å²) >= 11 is 0. The Balaban J connectivity index is 4.70. The van der Waals surface area contributed by atoms with E-state index in [0.29, 0.717) is 13.2 Å². The first-order valence-corrected chi connectivity index (χ1v) is 8.85. The van der Waals surface area contributed by atoms with Crippen molar-refractivity contribution in [1.82, 2.24) is 0 Å². The van der Waals surface area contributed by atoms with Crippen molar-refractivity contribution >= 4 is 8.56 Å². The van der Waals surface area contributed by atoms with Crippen LogP contribution in [-0.2, 0) is 8.85 Å². The second kappa shape index (κ2) is 10.8. The first kappa shape index (κ1) is 16.6. The molecule has 0 N–H and O–H groups in total. The lowest BCUT2D eigenvalue weighted by Gasteiger charge is -2.23. The monoisotopic (exact) mass is 256 g/mol. The van der Waals surface area contributed by atoms with Crippen LogP contribution in [0.1, 0.15) is 53.4 Å². The molecular formula is C14H28O2Si. The molecule has 0 saturated heterocycles. The number of allylic oxidation sites excluding steroid dienone is 2. The third-order valence-electron chi connectivity index (χ3n) is 2.35. The molecular weight excluding hydrogens is 228 g/mol. The zero-order valence-electron chi connectivity index (χ0n) is 11.9. The maximum absolute atomic E-state index is 5.91. The summed E-state index contributed by atoms with van der Waals surface area (Å²) < 4.78 is 11.8. The van der Waals surface area contributed by atoms with Crippen molar-refractivity contribution in [2.75, 3.05) is 13.2 Å². The van der Waals surface area contributed by atoms with Crippen LogP contribution in [0, 0.1) is 0 Å². The van der Waals surface area contributed by atoms with Gasteiger partial charge >= 0.3 is 8.56 Å². The lowest BCUT2D eigenvalue weighted by Crippen LogP contribution is -2.39. The Morgan fingerprint density at radius 2 is 1.18 bits per heavy atom. The molecule has 100 valence electrons. The van der Waals surface area contributed by atoms with Gasteiger partial charge in [0.1, 0.15) is 0 Å². The Bertz CT molecular complexity index is 200. The van der Waals surface area contributed by atoms with Crippen molar-refractivity contribution in [2.45, 2.75) is 53.4 Å². The molecule has 0 aliphatic carbocycles. The third kappa shape index (κ3) is 7.52.